The Morgan fingerprint density at radius 2 is 2.16 bits per heavy atom. The quantitative estimate of drug-likeness (QED) is 0.512. The van der Waals surface area contributed by atoms with Crippen LogP contribution in [0.3, 0.4) is 0 Å². The van der Waals surface area contributed by atoms with Crippen LogP contribution in [0.2, 0.25) is 0 Å². The monoisotopic (exact) mass is 281 g/mol. The predicted octanol–water partition coefficient (Wildman–Crippen LogP) is 2.47. The zero-order valence-electron chi connectivity index (χ0n) is 10.2. The summed E-state index contributed by atoms with van der Waals surface area (Å²) < 4.78 is 4.86. The van der Waals surface area contributed by atoms with Crippen LogP contribution < -0.4 is 0 Å². The molecule has 0 saturated carbocycles. The zero-order chi connectivity index (χ0) is 14.0. The number of H-pyrrole nitrogens is 1. The molecule has 0 aliphatic carbocycles. The Labute approximate surface area is 114 Å². The number of fused-ring (bicyclic) bond motifs is 1. The van der Waals surface area contributed by atoms with Crippen LogP contribution >= 0.6 is 11.6 Å². The first-order valence-corrected chi connectivity index (χ1v) is 6.23. The van der Waals surface area contributed by atoms with E-state index in [1.165, 1.54) is 18.2 Å². The molecule has 1 aromatic heterocycles. The van der Waals surface area contributed by atoms with E-state index in [0.29, 0.717) is 16.5 Å². The summed E-state index contributed by atoms with van der Waals surface area (Å²) in [5.41, 5.74) is 0.857. The van der Waals surface area contributed by atoms with Crippen molar-refractivity contribution in [3.8, 4) is 5.75 Å². The summed E-state index contributed by atoms with van der Waals surface area (Å²) in [4.78, 5) is 26.1. The van der Waals surface area contributed by atoms with Gasteiger partial charge in [0.25, 0.3) is 0 Å². The molecule has 2 rings (SSSR count). The maximum Gasteiger partial charge on any atom is 0.354 e. The Kier molecular flexibility index (Phi) is 3.76. The van der Waals surface area contributed by atoms with Crippen LogP contribution in [-0.4, -0.2) is 34.3 Å². The van der Waals surface area contributed by atoms with Gasteiger partial charge in [0.2, 0.25) is 0 Å². The highest BCUT2D eigenvalue weighted by molar-refractivity contribution is 6.32. The largest absolute Gasteiger partial charge is 0.506 e. The molecule has 0 fully saturated rings. The van der Waals surface area contributed by atoms with Gasteiger partial charge >= 0.3 is 5.97 Å². The second-order valence-corrected chi connectivity index (χ2v) is 4.15. The summed E-state index contributed by atoms with van der Waals surface area (Å²) >= 11 is 5.53. The summed E-state index contributed by atoms with van der Waals surface area (Å²) in [6, 6.07) is 4.34. The zero-order valence-corrected chi connectivity index (χ0v) is 11.0. The van der Waals surface area contributed by atoms with E-state index in [1.54, 1.807) is 6.92 Å². The Morgan fingerprint density at radius 1 is 1.42 bits per heavy atom. The molecule has 5 nitrogen and oxygen atoms in total. The molecule has 0 unspecified atom stereocenters. The molecule has 0 aliphatic heterocycles. The summed E-state index contributed by atoms with van der Waals surface area (Å²) in [5, 5.41) is 10.2. The van der Waals surface area contributed by atoms with Crippen molar-refractivity contribution in [1.82, 2.24) is 4.98 Å². The average molecular weight is 282 g/mol. The molecule has 100 valence electrons. The van der Waals surface area contributed by atoms with Crippen molar-refractivity contribution in [2.24, 2.45) is 0 Å². The van der Waals surface area contributed by atoms with Gasteiger partial charge in [-0.15, -0.1) is 11.6 Å². The molecule has 2 aromatic rings. The van der Waals surface area contributed by atoms with Gasteiger partial charge in [0.1, 0.15) is 11.4 Å². The number of alkyl halides is 1. The van der Waals surface area contributed by atoms with Crippen molar-refractivity contribution < 1.29 is 19.4 Å². The number of aromatic nitrogens is 1. The molecular formula is C13H12ClNO4. The normalized spacial score (nSPS) is 10.6. The fraction of sp³-hybridized carbons (Fsp3) is 0.231. The molecule has 0 atom stereocenters. The van der Waals surface area contributed by atoms with Gasteiger partial charge in [0.05, 0.1) is 18.0 Å². The number of ketones is 1. The minimum absolute atomic E-state index is 0.0447. The number of aromatic amines is 1. The van der Waals surface area contributed by atoms with Gasteiger partial charge in [-0.1, -0.05) is 0 Å². The lowest BCUT2D eigenvalue weighted by Crippen LogP contribution is -2.04. The van der Waals surface area contributed by atoms with Crippen molar-refractivity contribution in [1.29, 1.82) is 0 Å². The third kappa shape index (κ3) is 2.42. The number of phenolic OH excluding ortho intramolecular Hbond substituents is 1. The average Bonchev–Trinajstić information content (AvgIpc) is 2.84. The number of hydrogen-bond donors (Lipinski definition) is 2. The number of rotatable bonds is 4. The molecule has 0 amide bonds. The number of phenols is 1. The number of benzene rings is 1. The molecular weight excluding hydrogens is 270 g/mol. The van der Waals surface area contributed by atoms with E-state index in [1.807, 2.05) is 0 Å². The van der Waals surface area contributed by atoms with Crippen molar-refractivity contribution in [3.63, 3.8) is 0 Å². The minimum Gasteiger partial charge on any atom is -0.506 e. The number of esters is 1. The van der Waals surface area contributed by atoms with Crippen molar-refractivity contribution in [2.45, 2.75) is 6.92 Å². The van der Waals surface area contributed by atoms with E-state index in [4.69, 9.17) is 16.3 Å². The number of ether oxygens (including phenoxy) is 1. The summed E-state index contributed by atoms with van der Waals surface area (Å²) in [6.07, 6.45) is 0. The van der Waals surface area contributed by atoms with Crippen LogP contribution in [0.4, 0.5) is 0 Å². The maximum atomic E-state index is 11.7. The molecule has 2 N–H and O–H groups in total. The molecule has 1 aromatic carbocycles. The van der Waals surface area contributed by atoms with Crippen LogP contribution in [0.1, 0.15) is 27.8 Å². The van der Waals surface area contributed by atoms with Gasteiger partial charge in [-0.05, 0) is 25.1 Å². The van der Waals surface area contributed by atoms with Crippen LogP contribution in [-0.2, 0) is 4.74 Å². The SMILES string of the molecule is CCOC(=O)c1cc2c(C(=O)CCl)ccc(O)c2[nH]1. The number of Topliss-reactive ketones (excluding diaryl/α,β-unsaturated/α-hetero) is 1. The van der Waals surface area contributed by atoms with Crippen LogP contribution in [0, 0.1) is 0 Å². The van der Waals surface area contributed by atoms with Crippen molar-refractivity contribution in [3.05, 3.63) is 29.5 Å². The van der Waals surface area contributed by atoms with E-state index >= 15 is 0 Å². The fourth-order valence-corrected chi connectivity index (χ4v) is 1.98. The predicted molar refractivity (Wildman–Crippen MR) is 71.0 cm³/mol. The highest BCUT2D eigenvalue weighted by atomic mass is 35.5. The lowest BCUT2D eigenvalue weighted by atomic mass is 10.1. The topological polar surface area (TPSA) is 79.4 Å². The standard InChI is InChI=1S/C13H12ClNO4/c1-2-19-13(18)9-5-8-7(11(17)6-14)3-4-10(16)12(8)15-9/h3-5,15-16H,2,6H2,1H3. The van der Waals surface area contributed by atoms with E-state index in [9.17, 15) is 14.7 Å². The molecule has 0 saturated heterocycles. The number of hydrogen-bond acceptors (Lipinski definition) is 4. The molecule has 1 heterocycles. The number of carbonyl (C=O) groups is 2. The number of nitrogens with one attached hydrogen (secondary N) is 1. The lowest BCUT2D eigenvalue weighted by Gasteiger charge is -2.01. The molecule has 0 bridgehead atoms. The van der Waals surface area contributed by atoms with E-state index in [-0.39, 0.29) is 29.7 Å². The van der Waals surface area contributed by atoms with Crippen LogP contribution in [0.25, 0.3) is 10.9 Å². The first-order chi connectivity index (χ1) is 9.08. The van der Waals surface area contributed by atoms with Crippen molar-refractivity contribution in [2.75, 3.05) is 12.5 Å². The Balaban J connectivity index is 2.60. The minimum atomic E-state index is -0.539. The first kappa shape index (κ1) is 13.4. The van der Waals surface area contributed by atoms with Gasteiger partial charge in [0, 0.05) is 10.9 Å². The van der Waals surface area contributed by atoms with Gasteiger partial charge < -0.3 is 14.8 Å². The smallest absolute Gasteiger partial charge is 0.354 e. The van der Waals surface area contributed by atoms with Gasteiger partial charge in [0.15, 0.2) is 5.78 Å². The summed E-state index contributed by atoms with van der Waals surface area (Å²) in [5.74, 6) is -1.03. The van der Waals surface area contributed by atoms with Crippen LogP contribution in [0.5, 0.6) is 5.75 Å². The lowest BCUT2D eigenvalue weighted by molar-refractivity contribution is 0.0520. The van der Waals surface area contributed by atoms with E-state index < -0.39 is 5.97 Å². The molecule has 19 heavy (non-hydrogen) atoms. The number of carbonyl (C=O) groups excluding carboxylic acids is 2. The number of aromatic hydroxyl groups is 1. The summed E-state index contributed by atoms with van der Waals surface area (Å²) in [6.45, 7) is 1.94. The second kappa shape index (κ2) is 5.32. The molecule has 6 heteroatoms. The van der Waals surface area contributed by atoms with Gasteiger partial charge in [-0.3, -0.25) is 4.79 Å². The van der Waals surface area contributed by atoms with Crippen molar-refractivity contribution >= 4 is 34.3 Å². The Morgan fingerprint density at radius 3 is 2.79 bits per heavy atom. The maximum absolute atomic E-state index is 11.7. The summed E-state index contributed by atoms with van der Waals surface area (Å²) in [7, 11) is 0. The van der Waals surface area contributed by atoms with Gasteiger partial charge in [-0.25, -0.2) is 4.79 Å². The Bertz CT molecular complexity index is 647. The fourth-order valence-electron chi connectivity index (χ4n) is 1.84. The highest BCUT2D eigenvalue weighted by Gasteiger charge is 2.17. The third-order valence-corrected chi connectivity index (χ3v) is 2.93. The third-order valence-electron chi connectivity index (χ3n) is 2.69. The van der Waals surface area contributed by atoms with E-state index in [0.717, 1.165) is 0 Å². The Hall–Kier alpha value is -2.01. The highest BCUT2D eigenvalue weighted by Crippen LogP contribution is 2.28. The number of halogens is 1. The van der Waals surface area contributed by atoms with E-state index in [2.05, 4.69) is 4.98 Å². The molecule has 0 aliphatic rings. The first-order valence-electron chi connectivity index (χ1n) is 5.69. The van der Waals surface area contributed by atoms with Gasteiger partial charge in [-0.2, -0.15) is 0 Å². The molecule has 0 radical (unpaired) electrons. The van der Waals surface area contributed by atoms with Crippen LogP contribution in [0.15, 0.2) is 18.2 Å². The molecule has 0 spiro atoms. The second-order valence-electron chi connectivity index (χ2n) is 3.88.